The summed E-state index contributed by atoms with van der Waals surface area (Å²) in [6.07, 6.45) is 0.0356. The van der Waals surface area contributed by atoms with Crippen LogP contribution in [0.5, 0.6) is 0 Å². The SMILES string of the molecule is Cc1cccc(C)c1NC(=O)CC1(c2nonc2N)Nc2ccccc2N1. The number of carbonyl (C=O) groups excluding carboxylic acids is 1. The molecule has 1 aromatic heterocycles. The molecule has 0 saturated heterocycles. The van der Waals surface area contributed by atoms with Gasteiger partial charge in [0.2, 0.25) is 5.91 Å². The van der Waals surface area contributed by atoms with Crippen molar-refractivity contribution in [3.8, 4) is 0 Å². The quantitative estimate of drug-likeness (QED) is 0.562. The van der Waals surface area contributed by atoms with E-state index in [9.17, 15) is 4.79 Å². The highest BCUT2D eigenvalue weighted by molar-refractivity contribution is 5.94. The number of anilines is 4. The molecular formula is C19H20N6O2. The lowest BCUT2D eigenvalue weighted by Gasteiger charge is -2.28. The normalized spacial score (nSPS) is 14.1. The van der Waals surface area contributed by atoms with E-state index in [1.165, 1.54) is 0 Å². The minimum Gasteiger partial charge on any atom is -0.379 e. The van der Waals surface area contributed by atoms with Crippen LogP contribution in [0.4, 0.5) is 22.9 Å². The minimum absolute atomic E-state index is 0.0356. The van der Waals surface area contributed by atoms with Gasteiger partial charge in [0.15, 0.2) is 17.2 Å². The first kappa shape index (κ1) is 16.9. The number of nitrogen functional groups attached to an aromatic ring is 1. The van der Waals surface area contributed by atoms with Gasteiger partial charge in [0.05, 0.1) is 17.8 Å². The molecule has 8 heteroatoms. The van der Waals surface area contributed by atoms with Crippen molar-refractivity contribution in [1.29, 1.82) is 0 Å². The summed E-state index contributed by atoms with van der Waals surface area (Å²) in [7, 11) is 0. The summed E-state index contributed by atoms with van der Waals surface area (Å²) in [5.74, 6) is -0.0646. The summed E-state index contributed by atoms with van der Waals surface area (Å²) in [4.78, 5) is 12.9. The van der Waals surface area contributed by atoms with E-state index < -0.39 is 5.66 Å². The third-order valence-corrected chi connectivity index (χ3v) is 4.71. The second kappa shape index (κ2) is 6.31. The van der Waals surface area contributed by atoms with E-state index in [0.717, 1.165) is 28.2 Å². The van der Waals surface area contributed by atoms with Gasteiger partial charge >= 0.3 is 0 Å². The van der Waals surface area contributed by atoms with Crippen LogP contribution < -0.4 is 21.7 Å². The number of hydrogen-bond donors (Lipinski definition) is 4. The number of aromatic nitrogens is 2. The summed E-state index contributed by atoms with van der Waals surface area (Å²) in [5, 5.41) is 17.2. The monoisotopic (exact) mass is 364 g/mol. The molecule has 0 bridgehead atoms. The van der Waals surface area contributed by atoms with Crippen LogP contribution >= 0.6 is 0 Å². The van der Waals surface area contributed by atoms with Crippen LogP contribution in [0.15, 0.2) is 47.1 Å². The van der Waals surface area contributed by atoms with Crippen LogP contribution in [0.3, 0.4) is 0 Å². The van der Waals surface area contributed by atoms with Crippen molar-refractivity contribution in [2.45, 2.75) is 25.9 Å². The zero-order valence-electron chi connectivity index (χ0n) is 15.0. The lowest BCUT2D eigenvalue weighted by atomic mass is 10.0. The molecule has 0 unspecified atom stereocenters. The van der Waals surface area contributed by atoms with Gasteiger partial charge in [-0.1, -0.05) is 30.3 Å². The molecule has 138 valence electrons. The van der Waals surface area contributed by atoms with Gasteiger partial charge in [-0.25, -0.2) is 4.63 Å². The highest BCUT2D eigenvalue weighted by atomic mass is 16.6. The number of aryl methyl sites for hydroxylation is 2. The van der Waals surface area contributed by atoms with Crippen molar-refractivity contribution in [2.24, 2.45) is 0 Å². The van der Waals surface area contributed by atoms with Crippen molar-refractivity contribution in [1.82, 2.24) is 10.3 Å². The number of amides is 1. The second-order valence-corrected chi connectivity index (χ2v) is 6.69. The van der Waals surface area contributed by atoms with E-state index >= 15 is 0 Å². The van der Waals surface area contributed by atoms with E-state index in [1.54, 1.807) is 0 Å². The molecule has 2 heterocycles. The Bertz CT molecular complexity index is 968. The molecule has 8 nitrogen and oxygen atoms in total. The van der Waals surface area contributed by atoms with Crippen LogP contribution in [0, 0.1) is 13.8 Å². The molecule has 1 aliphatic heterocycles. The lowest BCUT2D eigenvalue weighted by Crippen LogP contribution is -2.43. The molecule has 4 rings (SSSR count). The average Bonchev–Trinajstić information content (AvgIpc) is 3.22. The van der Waals surface area contributed by atoms with Crippen LogP contribution in [0.2, 0.25) is 0 Å². The Kier molecular flexibility index (Phi) is 3.95. The molecule has 3 aromatic rings. The molecule has 0 atom stereocenters. The largest absolute Gasteiger partial charge is 0.379 e. The Morgan fingerprint density at radius 1 is 1.07 bits per heavy atom. The maximum absolute atomic E-state index is 12.9. The van der Waals surface area contributed by atoms with Gasteiger partial charge in [-0.05, 0) is 47.4 Å². The first-order chi connectivity index (χ1) is 13.0. The van der Waals surface area contributed by atoms with Crippen LogP contribution in [0.1, 0.15) is 23.2 Å². The second-order valence-electron chi connectivity index (χ2n) is 6.69. The van der Waals surface area contributed by atoms with Crippen molar-refractivity contribution in [2.75, 3.05) is 21.7 Å². The molecular weight excluding hydrogens is 344 g/mol. The lowest BCUT2D eigenvalue weighted by molar-refractivity contribution is -0.117. The average molecular weight is 364 g/mol. The first-order valence-corrected chi connectivity index (χ1v) is 8.58. The van der Waals surface area contributed by atoms with Crippen molar-refractivity contribution in [3.05, 3.63) is 59.3 Å². The smallest absolute Gasteiger partial charge is 0.229 e. The van der Waals surface area contributed by atoms with Gasteiger partial charge in [-0.2, -0.15) is 0 Å². The molecule has 2 aromatic carbocycles. The predicted molar refractivity (Wildman–Crippen MR) is 103 cm³/mol. The fourth-order valence-electron chi connectivity index (χ4n) is 3.41. The van der Waals surface area contributed by atoms with Gasteiger partial charge in [0.25, 0.3) is 0 Å². The van der Waals surface area contributed by atoms with Crippen molar-refractivity contribution >= 4 is 28.8 Å². The van der Waals surface area contributed by atoms with Crippen LogP contribution in [-0.4, -0.2) is 16.2 Å². The molecule has 27 heavy (non-hydrogen) atoms. The van der Waals surface area contributed by atoms with E-state index in [2.05, 4.69) is 26.3 Å². The molecule has 1 aliphatic rings. The summed E-state index contributed by atoms with van der Waals surface area (Å²) in [6, 6.07) is 13.5. The number of nitrogens with zero attached hydrogens (tertiary/aromatic N) is 2. The fraction of sp³-hybridized carbons (Fsp3) is 0.211. The number of carbonyl (C=O) groups is 1. The molecule has 0 radical (unpaired) electrons. The number of para-hydroxylation sites is 3. The van der Waals surface area contributed by atoms with E-state index in [4.69, 9.17) is 10.4 Å². The van der Waals surface area contributed by atoms with E-state index in [0.29, 0.717) is 5.69 Å². The third-order valence-electron chi connectivity index (χ3n) is 4.71. The summed E-state index contributed by atoms with van der Waals surface area (Å²) in [6.45, 7) is 3.92. The maximum atomic E-state index is 12.9. The Morgan fingerprint density at radius 2 is 1.70 bits per heavy atom. The number of nitrogens with one attached hydrogen (secondary N) is 3. The number of rotatable bonds is 4. The zero-order valence-corrected chi connectivity index (χ0v) is 15.0. The fourth-order valence-corrected chi connectivity index (χ4v) is 3.41. The summed E-state index contributed by atoms with van der Waals surface area (Å²) >= 11 is 0. The van der Waals surface area contributed by atoms with Crippen LogP contribution in [0.25, 0.3) is 0 Å². The number of nitrogens with two attached hydrogens (primary N) is 1. The number of benzene rings is 2. The summed E-state index contributed by atoms with van der Waals surface area (Å²) in [5.41, 5.74) is 9.72. The molecule has 0 fully saturated rings. The first-order valence-electron chi connectivity index (χ1n) is 8.58. The van der Waals surface area contributed by atoms with Gasteiger partial charge < -0.3 is 21.7 Å². The van der Waals surface area contributed by atoms with E-state index in [1.807, 2.05) is 56.3 Å². The highest BCUT2D eigenvalue weighted by Gasteiger charge is 2.44. The van der Waals surface area contributed by atoms with Gasteiger partial charge in [0.1, 0.15) is 0 Å². The standard InChI is InChI=1S/C19H20N6O2/c1-11-6-5-7-12(2)16(11)21-15(26)10-19(17-18(20)25-27-24-17)22-13-8-3-4-9-14(13)23-19/h3-9,22-23H,10H2,1-2H3,(H2,20,25)(H,21,26). The Balaban J connectivity index is 1.65. The number of fused-ring (bicyclic) bond motifs is 1. The van der Waals surface area contributed by atoms with Crippen molar-refractivity contribution in [3.63, 3.8) is 0 Å². The van der Waals surface area contributed by atoms with Gasteiger partial charge in [-0.3, -0.25) is 4.79 Å². The minimum atomic E-state index is -1.05. The molecule has 0 spiro atoms. The molecule has 0 aliphatic carbocycles. The Morgan fingerprint density at radius 3 is 2.26 bits per heavy atom. The van der Waals surface area contributed by atoms with Crippen molar-refractivity contribution < 1.29 is 9.42 Å². The number of hydrogen-bond acceptors (Lipinski definition) is 7. The summed E-state index contributed by atoms with van der Waals surface area (Å²) < 4.78 is 4.78. The highest BCUT2D eigenvalue weighted by Crippen LogP contribution is 2.42. The topological polar surface area (TPSA) is 118 Å². The van der Waals surface area contributed by atoms with Gasteiger partial charge in [-0.15, -0.1) is 0 Å². The molecule has 0 saturated carbocycles. The maximum Gasteiger partial charge on any atom is 0.229 e. The predicted octanol–water partition coefficient (Wildman–Crippen LogP) is 2.99. The molecule has 5 N–H and O–H groups in total. The van der Waals surface area contributed by atoms with Gasteiger partial charge in [0, 0.05) is 5.69 Å². The third kappa shape index (κ3) is 2.95. The van der Waals surface area contributed by atoms with E-state index in [-0.39, 0.29) is 18.1 Å². The van der Waals surface area contributed by atoms with Crippen LogP contribution in [-0.2, 0) is 10.5 Å². The molecule has 1 amide bonds. The Labute approximate surface area is 156 Å². The zero-order chi connectivity index (χ0) is 19.0. The Hall–Kier alpha value is -3.55.